The molecule has 5 rings (SSSR count). The van der Waals surface area contributed by atoms with E-state index in [4.69, 9.17) is 33.1 Å². The van der Waals surface area contributed by atoms with E-state index in [1.165, 1.54) is 26.2 Å². The van der Waals surface area contributed by atoms with Crippen molar-refractivity contribution in [1.29, 1.82) is 0 Å². The van der Waals surface area contributed by atoms with Gasteiger partial charge in [0.05, 0.1) is 25.2 Å². The summed E-state index contributed by atoms with van der Waals surface area (Å²) in [5.41, 5.74) is -0.811. The minimum Gasteiger partial charge on any atom is -0.508 e. The molecule has 0 spiro atoms. The number of aromatic hydroxyl groups is 2. The van der Waals surface area contributed by atoms with Crippen LogP contribution in [-0.2, 0) is 19.1 Å². The second-order valence-corrected chi connectivity index (χ2v) is 9.94. The SMILES string of the molecule is COc1cc2c(=O)c3c(O)cc(O)cc3oc2cc1OO[C@H]1O[C@H](CO)[C@@H](O)[C@H](O)[C@@H]1O[C@@H]1O[C@@H](C)[C@@H](O)[C@H](O)[C@@H]1O. The van der Waals surface area contributed by atoms with Gasteiger partial charge in [0.2, 0.25) is 17.5 Å². The largest absolute Gasteiger partial charge is 0.508 e. The van der Waals surface area contributed by atoms with E-state index in [0.29, 0.717) is 0 Å². The van der Waals surface area contributed by atoms with Crippen molar-refractivity contribution in [1.82, 2.24) is 0 Å². The van der Waals surface area contributed by atoms with Gasteiger partial charge in [-0.05, 0) is 13.0 Å². The second kappa shape index (κ2) is 11.8. The molecule has 3 heterocycles. The van der Waals surface area contributed by atoms with Crippen LogP contribution in [0.25, 0.3) is 21.9 Å². The summed E-state index contributed by atoms with van der Waals surface area (Å²) < 4.78 is 27.5. The maximum absolute atomic E-state index is 13.1. The van der Waals surface area contributed by atoms with E-state index in [1.807, 2.05) is 0 Å². The molecule has 0 unspecified atom stereocenters. The fourth-order valence-electron chi connectivity index (χ4n) is 4.83. The second-order valence-electron chi connectivity index (χ2n) is 9.94. The summed E-state index contributed by atoms with van der Waals surface area (Å²) in [5.74, 6) is -1.07. The minimum absolute atomic E-state index is 0.0139. The highest BCUT2D eigenvalue weighted by Crippen LogP contribution is 2.37. The Morgan fingerprint density at radius 1 is 0.833 bits per heavy atom. The molecule has 230 valence electrons. The van der Waals surface area contributed by atoms with Crippen molar-refractivity contribution in [2.45, 2.75) is 68.3 Å². The zero-order valence-electron chi connectivity index (χ0n) is 22.1. The molecule has 42 heavy (non-hydrogen) atoms. The molecule has 0 amide bonds. The molecule has 3 aromatic rings. The number of ether oxygens (including phenoxy) is 4. The van der Waals surface area contributed by atoms with Gasteiger partial charge in [0.25, 0.3) is 0 Å². The molecule has 0 bridgehead atoms. The predicted octanol–water partition coefficient (Wildman–Crippen LogP) is -1.67. The highest BCUT2D eigenvalue weighted by molar-refractivity contribution is 5.94. The van der Waals surface area contributed by atoms with E-state index in [-0.39, 0.29) is 39.2 Å². The Bertz CT molecular complexity index is 1490. The van der Waals surface area contributed by atoms with Crippen LogP contribution in [0.2, 0.25) is 0 Å². The lowest BCUT2D eigenvalue weighted by Crippen LogP contribution is -2.64. The summed E-state index contributed by atoms with van der Waals surface area (Å²) in [4.78, 5) is 23.8. The third-order valence-electron chi connectivity index (χ3n) is 7.18. The number of phenols is 2. The highest BCUT2D eigenvalue weighted by atomic mass is 17.2. The summed E-state index contributed by atoms with van der Waals surface area (Å²) >= 11 is 0. The molecular formula is C26H30O16. The first-order chi connectivity index (χ1) is 19.9. The predicted molar refractivity (Wildman–Crippen MR) is 137 cm³/mol. The number of hydrogen-bond donors (Lipinski definition) is 8. The Balaban J connectivity index is 1.45. The van der Waals surface area contributed by atoms with Crippen LogP contribution >= 0.6 is 0 Å². The van der Waals surface area contributed by atoms with Crippen molar-refractivity contribution in [2.75, 3.05) is 13.7 Å². The molecule has 1 aromatic heterocycles. The summed E-state index contributed by atoms with van der Waals surface area (Å²) in [6.45, 7) is 0.667. The van der Waals surface area contributed by atoms with Crippen LogP contribution in [0.5, 0.6) is 23.0 Å². The maximum Gasteiger partial charge on any atom is 0.232 e. The highest BCUT2D eigenvalue weighted by Gasteiger charge is 2.51. The van der Waals surface area contributed by atoms with Gasteiger partial charge in [-0.3, -0.25) is 4.79 Å². The van der Waals surface area contributed by atoms with Gasteiger partial charge in [-0.2, -0.15) is 4.89 Å². The lowest BCUT2D eigenvalue weighted by molar-refractivity contribution is -0.413. The summed E-state index contributed by atoms with van der Waals surface area (Å²) in [5, 5.41) is 81.0. The lowest BCUT2D eigenvalue weighted by Gasteiger charge is -2.45. The molecule has 2 saturated heterocycles. The number of hydrogen-bond acceptors (Lipinski definition) is 16. The van der Waals surface area contributed by atoms with Crippen molar-refractivity contribution in [3.63, 3.8) is 0 Å². The zero-order valence-corrected chi connectivity index (χ0v) is 22.1. The lowest BCUT2D eigenvalue weighted by atomic mass is 9.97. The van der Waals surface area contributed by atoms with Crippen LogP contribution in [0, 0.1) is 0 Å². The number of benzene rings is 2. The molecule has 16 nitrogen and oxygen atoms in total. The first-order valence-electron chi connectivity index (χ1n) is 12.8. The monoisotopic (exact) mass is 598 g/mol. The van der Waals surface area contributed by atoms with Gasteiger partial charge < -0.3 is 69.1 Å². The van der Waals surface area contributed by atoms with E-state index in [0.717, 1.165) is 12.1 Å². The molecule has 8 N–H and O–H groups in total. The Labute approximate surface area is 235 Å². The Hall–Kier alpha value is -3.29. The maximum atomic E-state index is 13.1. The minimum atomic E-state index is -1.79. The van der Waals surface area contributed by atoms with Gasteiger partial charge in [0.15, 0.2) is 12.0 Å². The average molecular weight is 599 g/mol. The Kier molecular flexibility index (Phi) is 8.46. The van der Waals surface area contributed by atoms with Gasteiger partial charge in [0.1, 0.15) is 70.8 Å². The normalized spacial score (nSPS) is 33.6. The molecule has 2 aliphatic heterocycles. The van der Waals surface area contributed by atoms with Crippen LogP contribution in [-0.4, -0.2) is 116 Å². The molecule has 0 saturated carbocycles. The fourth-order valence-corrected chi connectivity index (χ4v) is 4.83. The van der Waals surface area contributed by atoms with E-state index in [9.17, 15) is 45.6 Å². The molecular weight excluding hydrogens is 568 g/mol. The number of methoxy groups -OCH3 is 1. The van der Waals surface area contributed by atoms with Crippen LogP contribution in [0.1, 0.15) is 6.92 Å². The molecule has 0 radical (unpaired) electrons. The number of fused-ring (bicyclic) bond motifs is 2. The van der Waals surface area contributed by atoms with Crippen molar-refractivity contribution in [3.8, 4) is 23.0 Å². The first kappa shape index (κ1) is 30.2. The number of rotatable bonds is 7. The van der Waals surface area contributed by atoms with E-state index in [1.54, 1.807) is 0 Å². The van der Waals surface area contributed by atoms with Crippen molar-refractivity contribution in [3.05, 3.63) is 34.5 Å². The zero-order chi connectivity index (χ0) is 30.5. The summed E-state index contributed by atoms with van der Waals surface area (Å²) in [7, 11) is 1.26. The van der Waals surface area contributed by atoms with Gasteiger partial charge in [-0.25, -0.2) is 0 Å². The van der Waals surface area contributed by atoms with Crippen molar-refractivity contribution in [2.24, 2.45) is 0 Å². The van der Waals surface area contributed by atoms with Gasteiger partial charge >= 0.3 is 0 Å². The van der Waals surface area contributed by atoms with Crippen LogP contribution in [0.4, 0.5) is 0 Å². The van der Waals surface area contributed by atoms with Crippen molar-refractivity contribution < 1.29 is 74.0 Å². The quantitative estimate of drug-likeness (QED) is 0.0860. The Morgan fingerprint density at radius 2 is 1.57 bits per heavy atom. The third-order valence-corrected chi connectivity index (χ3v) is 7.18. The van der Waals surface area contributed by atoms with Gasteiger partial charge in [0, 0.05) is 18.2 Å². The third kappa shape index (κ3) is 5.33. The smallest absolute Gasteiger partial charge is 0.232 e. The topological polar surface area (TPSA) is 247 Å². The van der Waals surface area contributed by atoms with Crippen molar-refractivity contribution >= 4 is 21.9 Å². The van der Waals surface area contributed by atoms with Crippen LogP contribution in [0.15, 0.2) is 33.5 Å². The van der Waals surface area contributed by atoms with E-state index < -0.39 is 79.2 Å². The molecule has 2 fully saturated rings. The van der Waals surface area contributed by atoms with E-state index >= 15 is 0 Å². The molecule has 10 atom stereocenters. The van der Waals surface area contributed by atoms with Crippen LogP contribution in [0.3, 0.4) is 0 Å². The summed E-state index contributed by atoms with van der Waals surface area (Å²) in [6.07, 6.45) is -15.6. The number of aliphatic hydroxyl groups is 6. The standard InChI is InChI=1S/C26H30O16/c1-8-18(30)21(33)23(35)25(37-8)40-24-22(34)20(32)16(7-27)39-26(24)42-41-14-6-12-10(5-13(14)36-2)19(31)17-11(29)3-9(28)4-15(17)38-12/h3-6,8,16,18,20-30,32-35H,7H2,1-2H3/t8-,16+,18+,20+,21-,22-,23-,24-,25-,26+/m0/s1. The molecule has 2 aliphatic rings. The number of aliphatic hydroxyl groups excluding tert-OH is 6. The summed E-state index contributed by atoms with van der Waals surface area (Å²) in [6, 6.07) is 4.57. The molecule has 0 aliphatic carbocycles. The van der Waals surface area contributed by atoms with Gasteiger partial charge in [-0.1, -0.05) is 0 Å². The number of phenolic OH excluding ortho intramolecular Hbond substituents is 2. The van der Waals surface area contributed by atoms with E-state index in [2.05, 4.69) is 0 Å². The molecule has 16 heteroatoms. The Morgan fingerprint density at radius 3 is 2.26 bits per heavy atom. The van der Waals surface area contributed by atoms with Gasteiger partial charge in [-0.15, -0.1) is 0 Å². The average Bonchev–Trinajstić information content (AvgIpc) is 2.95. The molecule has 2 aromatic carbocycles. The fraction of sp³-hybridized carbons (Fsp3) is 0.500. The first-order valence-corrected chi connectivity index (χ1v) is 12.8. The van der Waals surface area contributed by atoms with Crippen LogP contribution < -0.4 is 15.1 Å².